The van der Waals surface area contributed by atoms with E-state index in [1.54, 1.807) is 6.92 Å². The van der Waals surface area contributed by atoms with Gasteiger partial charge in [-0.2, -0.15) is 5.06 Å². The molecule has 3 aliphatic carbocycles. The van der Waals surface area contributed by atoms with Crippen molar-refractivity contribution in [3.8, 4) is 0 Å². The number of carbonyl (C=O) groups excluding carboxylic acids is 1. The third-order valence-corrected chi connectivity index (χ3v) is 11.5. The molecule has 2 aromatic rings. The predicted molar refractivity (Wildman–Crippen MR) is 181 cm³/mol. The monoisotopic (exact) mass is 618 g/mol. The van der Waals surface area contributed by atoms with Crippen molar-refractivity contribution < 1.29 is 14.7 Å². The van der Waals surface area contributed by atoms with E-state index in [-0.39, 0.29) is 17.9 Å². The number of rotatable bonds is 13. The Morgan fingerprint density at radius 2 is 1.69 bits per heavy atom. The fraction of sp³-hybridized carbons (Fsp3) is 0.658. The molecule has 2 aromatic carbocycles. The third-order valence-electron chi connectivity index (χ3n) is 11.5. The summed E-state index contributed by atoms with van der Waals surface area (Å²) in [4.78, 5) is 25.0. The lowest BCUT2D eigenvalue weighted by molar-refractivity contribution is -0.161. The highest BCUT2D eigenvalue weighted by atomic mass is 16.7. The van der Waals surface area contributed by atoms with Crippen LogP contribution in [0.1, 0.15) is 71.1 Å². The number of amides is 1. The minimum atomic E-state index is -0.635. The van der Waals surface area contributed by atoms with Crippen molar-refractivity contribution in [3.05, 3.63) is 71.3 Å². The molecule has 1 heterocycles. The normalized spacial score (nSPS) is 29.2. The van der Waals surface area contributed by atoms with Crippen molar-refractivity contribution in [3.63, 3.8) is 0 Å². The molecule has 1 saturated heterocycles. The molecule has 3 saturated carbocycles. The van der Waals surface area contributed by atoms with E-state index in [2.05, 4.69) is 118 Å². The fourth-order valence-electron chi connectivity index (χ4n) is 8.52. The van der Waals surface area contributed by atoms with Crippen LogP contribution in [-0.2, 0) is 29.3 Å². The van der Waals surface area contributed by atoms with Gasteiger partial charge in [0, 0.05) is 37.6 Å². The molecule has 0 spiro atoms. The lowest BCUT2D eigenvalue weighted by Gasteiger charge is -2.62. The summed E-state index contributed by atoms with van der Waals surface area (Å²) in [6.45, 7) is 17.0. The minimum absolute atomic E-state index is 0.0111. The van der Waals surface area contributed by atoms with Crippen LogP contribution in [0.4, 0.5) is 0 Å². The summed E-state index contributed by atoms with van der Waals surface area (Å²) in [6, 6.07) is 19.5. The number of nitrogens with zero attached hydrogens (tertiary/aromatic N) is 3. The lowest BCUT2D eigenvalue weighted by Crippen LogP contribution is -2.62. The number of likely N-dealkylation sites (N-methyl/N-ethyl adjacent to an activating group) is 1. The highest BCUT2D eigenvalue weighted by molar-refractivity contribution is 5.82. The van der Waals surface area contributed by atoms with E-state index in [9.17, 15) is 9.90 Å². The number of aliphatic hydroxyl groups is 1. The first kappa shape index (κ1) is 34.1. The van der Waals surface area contributed by atoms with E-state index in [4.69, 9.17) is 4.84 Å². The molecule has 4 fully saturated rings. The molecule has 0 unspecified atom stereocenters. The van der Waals surface area contributed by atoms with Crippen LogP contribution >= 0.6 is 0 Å². The average Bonchev–Trinajstić information content (AvgIpc) is 3.41. The summed E-state index contributed by atoms with van der Waals surface area (Å²) in [5.41, 5.74) is 4.04. The Kier molecular flexibility index (Phi) is 10.8. The maximum absolute atomic E-state index is 13.9. The summed E-state index contributed by atoms with van der Waals surface area (Å²) >= 11 is 0. The molecule has 8 atom stereocenters. The molecule has 7 heteroatoms. The molecule has 1 amide bonds. The van der Waals surface area contributed by atoms with E-state index in [0.29, 0.717) is 48.3 Å². The second kappa shape index (κ2) is 14.2. The molecule has 2 bridgehead atoms. The topological polar surface area (TPSA) is 68.3 Å². The molecule has 4 aliphatic rings. The number of nitrogens with one attached hydrogen (secondary N) is 1. The average molecular weight is 619 g/mol. The van der Waals surface area contributed by atoms with E-state index in [0.717, 1.165) is 31.6 Å². The highest BCUT2D eigenvalue weighted by Crippen LogP contribution is 2.61. The molecular formula is C38H58N4O3. The highest BCUT2D eigenvalue weighted by Gasteiger charge is 2.57. The van der Waals surface area contributed by atoms with Gasteiger partial charge in [0.15, 0.2) is 0 Å². The number of aliphatic hydroxyl groups excluding tert-OH is 1. The summed E-state index contributed by atoms with van der Waals surface area (Å²) < 4.78 is 0. The predicted octanol–water partition coefficient (Wildman–Crippen LogP) is 5.57. The largest absolute Gasteiger partial charge is 0.393 e. The maximum Gasteiger partial charge on any atom is 0.240 e. The van der Waals surface area contributed by atoms with Crippen molar-refractivity contribution in [1.29, 1.82) is 0 Å². The smallest absolute Gasteiger partial charge is 0.240 e. The maximum atomic E-state index is 13.9. The van der Waals surface area contributed by atoms with Gasteiger partial charge >= 0.3 is 0 Å². The van der Waals surface area contributed by atoms with Gasteiger partial charge in [-0.1, -0.05) is 89.2 Å². The molecule has 6 rings (SSSR count). The zero-order chi connectivity index (χ0) is 32.5. The third kappa shape index (κ3) is 7.65. The Bertz CT molecular complexity index is 1260. The molecule has 0 radical (unpaired) electrons. The fourth-order valence-corrected chi connectivity index (χ4v) is 8.52. The lowest BCUT2D eigenvalue weighted by atomic mass is 9.45. The van der Waals surface area contributed by atoms with Gasteiger partial charge in [-0.05, 0) is 79.6 Å². The van der Waals surface area contributed by atoms with E-state index < -0.39 is 12.1 Å². The van der Waals surface area contributed by atoms with E-state index >= 15 is 0 Å². The Morgan fingerprint density at radius 3 is 2.31 bits per heavy atom. The van der Waals surface area contributed by atoms with Crippen molar-refractivity contribution in [2.45, 2.75) is 98.2 Å². The second-order valence-electron chi connectivity index (χ2n) is 15.6. The van der Waals surface area contributed by atoms with Gasteiger partial charge in [-0.3, -0.25) is 14.5 Å². The van der Waals surface area contributed by atoms with Gasteiger partial charge in [0.05, 0.1) is 19.3 Å². The van der Waals surface area contributed by atoms with Gasteiger partial charge in [0.2, 0.25) is 5.91 Å². The van der Waals surface area contributed by atoms with Crippen molar-refractivity contribution in [1.82, 2.24) is 20.2 Å². The number of fused-ring (bicyclic) bond motifs is 2. The van der Waals surface area contributed by atoms with Crippen LogP contribution in [0.5, 0.6) is 0 Å². The van der Waals surface area contributed by atoms with Crippen LogP contribution in [0.3, 0.4) is 0 Å². The molecule has 0 aromatic heterocycles. The molecular weight excluding hydrogens is 560 g/mol. The van der Waals surface area contributed by atoms with Crippen LogP contribution in [-0.4, -0.2) is 77.4 Å². The first-order valence-electron chi connectivity index (χ1n) is 17.2. The number of hydrogen-bond donors (Lipinski definition) is 2. The number of hydrogen-bond acceptors (Lipinski definition) is 6. The van der Waals surface area contributed by atoms with Crippen molar-refractivity contribution >= 4 is 5.91 Å². The molecule has 2 N–H and O–H groups in total. The second-order valence-corrected chi connectivity index (χ2v) is 15.6. The van der Waals surface area contributed by atoms with Crippen molar-refractivity contribution in [2.75, 3.05) is 27.2 Å². The minimum Gasteiger partial charge on any atom is -0.393 e. The summed E-state index contributed by atoms with van der Waals surface area (Å²) in [5, 5.41) is 15.9. The number of hydroxylamine groups is 2. The van der Waals surface area contributed by atoms with Gasteiger partial charge in [0.25, 0.3) is 0 Å². The number of benzene rings is 2. The molecule has 248 valence electrons. The Balaban J connectivity index is 1.31. The Labute approximate surface area is 272 Å². The van der Waals surface area contributed by atoms with Crippen LogP contribution < -0.4 is 5.32 Å². The van der Waals surface area contributed by atoms with Gasteiger partial charge in [0.1, 0.15) is 6.04 Å². The van der Waals surface area contributed by atoms with Gasteiger partial charge < -0.3 is 15.3 Å². The first-order chi connectivity index (χ1) is 21.3. The number of carbonyl (C=O) groups is 1. The van der Waals surface area contributed by atoms with Crippen LogP contribution in [0.25, 0.3) is 0 Å². The van der Waals surface area contributed by atoms with Gasteiger partial charge in [-0.15, -0.1) is 0 Å². The van der Waals surface area contributed by atoms with Crippen molar-refractivity contribution in [2.24, 2.45) is 35.0 Å². The Morgan fingerprint density at radius 1 is 1.02 bits per heavy atom. The summed E-state index contributed by atoms with van der Waals surface area (Å²) in [5.74, 6) is 2.00. The zero-order valence-electron chi connectivity index (χ0n) is 28.9. The molecule has 1 aliphatic heterocycles. The summed E-state index contributed by atoms with van der Waals surface area (Å²) in [6.07, 6.45) is 1.68. The first-order valence-corrected chi connectivity index (χ1v) is 17.2. The standard InChI is InChI=1S/C38H58N4O3/c1-25(2)35(23-40(7)8)41(20-28-13-10-9-11-14-28)21-29-15-12-16-30(17-29)22-42-36(32(24-45-42)27(4)43)37(44)39-34-19-31-18-33(26(34)3)38(31,5)6/h9-17,25-27,31-36,43H,18-24H2,1-8H3,(H,39,44)/t26-,27-,31+,32-,33-,34-,35+,36-/m0/s1. The van der Waals surface area contributed by atoms with Crippen LogP contribution in [0, 0.1) is 35.0 Å². The van der Waals surface area contributed by atoms with Gasteiger partial charge in [-0.25, -0.2) is 0 Å². The zero-order valence-corrected chi connectivity index (χ0v) is 28.9. The Hall–Kier alpha value is -2.29. The van der Waals surface area contributed by atoms with Crippen LogP contribution in [0.2, 0.25) is 0 Å². The van der Waals surface area contributed by atoms with Crippen LogP contribution in [0.15, 0.2) is 54.6 Å². The molecule has 45 heavy (non-hydrogen) atoms. The SMILES string of the molecule is CC(C)[C@@H](CN(C)C)N(Cc1ccccc1)Cc1cccc(CN2OC[C@@H]([C@H](C)O)[C@H]2C(=O)N[C@H]2C[C@H]3C[C@@H]([C@@H]2C)C3(C)C)c1. The van der Waals surface area contributed by atoms with E-state index in [1.165, 1.54) is 17.5 Å². The quantitative estimate of drug-likeness (QED) is 0.306. The van der Waals surface area contributed by atoms with E-state index in [1.807, 2.05) is 5.06 Å². The summed E-state index contributed by atoms with van der Waals surface area (Å²) in [7, 11) is 4.30. The molecule has 7 nitrogen and oxygen atoms in total.